The fourth-order valence-corrected chi connectivity index (χ4v) is 2.93. The van der Waals surface area contributed by atoms with Gasteiger partial charge in [-0.15, -0.1) is 0 Å². The van der Waals surface area contributed by atoms with E-state index in [1.165, 1.54) is 25.0 Å². The molecule has 0 aliphatic heterocycles. The Hall–Kier alpha value is -2.36. The maximum absolute atomic E-state index is 13.0. The first kappa shape index (κ1) is 13.3. The van der Waals surface area contributed by atoms with Gasteiger partial charge in [-0.05, 0) is 49.1 Å². The van der Waals surface area contributed by atoms with Gasteiger partial charge < -0.3 is 9.67 Å². The second kappa shape index (κ2) is 5.13. The van der Waals surface area contributed by atoms with Gasteiger partial charge in [0.2, 0.25) is 0 Å². The smallest absolute Gasteiger partial charge is 0.143 e. The summed E-state index contributed by atoms with van der Waals surface area (Å²) >= 11 is 0. The molecule has 0 atom stereocenters. The molecule has 1 N–H and O–H groups in total. The van der Waals surface area contributed by atoms with Gasteiger partial charge in [-0.3, -0.25) is 0 Å². The lowest BCUT2D eigenvalue weighted by atomic mass is 10.1. The van der Waals surface area contributed by atoms with Crippen LogP contribution in [0.4, 0.5) is 4.39 Å². The number of imidazole rings is 1. The molecule has 0 spiro atoms. The number of rotatable bonds is 4. The van der Waals surface area contributed by atoms with Crippen molar-refractivity contribution in [3.05, 3.63) is 59.7 Å². The quantitative estimate of drug-likeness (QED) is 0.790. The first-order valence-corrected chi connectivity index (χ1v) is 7.65. The third-order valence-corrected chi connectivity index (χ3v) is 4.27. The van der Waals surface area contributed by atoms with Crippen LogP contribution in [0.5, 0.6) is 5.75 Å². The zero-order chi connectivity index (χ0) is 15.1. The molecule has 3 nitrogen and oxygen atoms in total. The number of phenols is 1. The minimum absolute atomic E-state index is 0.208. The van der Waals surface area contributed by atoms with Crippen molar-refractivity contribution in [2.75, 3.05) is 0 Å². The van der Waals surface area contributed by atoms with Crippen molar-refractivity contribution in [1.29, 1.82) is 0 Å². The second-order valence-corrected chi connectivity index (χ2v) is 5.92. The fourth-order valence-electron chi connectivity index (χ4n) is 2.93. The summed E-state index contributed by atoms with van der Waals surface area (Å²) in [5.41, 5.74) is 2.76. The molecule has 0 unspecified atom stereocenters. The van der Waals surface area contributed by atoms with Crippen LogP contribution >= 0.6 is 0 Å². The van der Waals surface area contributed by atoms with E-state index < -0.39 is 0 Å². The average molecular weight is 296 g/mol. The monoisotopic (exact) mass is 296 g/mol. The van der Waals surface area contributed by atoms with Gasteiger partial charge in [-0.25, -0.2) is 9.37 Å². The van der Waals surface area contributed by atoms with E-state index in [1.807, 2.05) is 24.3 Å². The standard InChI is InChI=1S/C18H17FN2O/c19-14-8-4-12(5-9-14)10-11-21-15-2-1-3-16(22)17(15)20-18(21)13-6-7-13/h1-5,8-9,13,22H,6-7,10-11H2. The maximum Gasteiger partial charge on any atom is 0.143 e. The molecule has 4 heteroatoms. The Morgan fingerprint density at radius 3 is 2.64 bits per heavy atom. The maximum atomic E-state index is 13.0. The molecule has 4 rings (SSSR count). The van der Waals surface area contributed by atoms with E-state index in [9.17, 15) is 9.50 Å². The van der Waals surface area contributed by atoms with Gasteiger partial charge in [0, 0.05) is 12.5 Å². The van der Waals surface area contributed by atoms with Crippen molar-refractivity contribution in [2.45, 2.75) is 31.7 Å². The third-order valence-electron chi connectivity index (χ3n) is 4.27. The molecular formula is C18H17FN2O. The molecule has 3 aromatic rings. The minimum Gasteiger partial charge on any atom is -0.506 e. The van der Waals surface area contributed by atoms with E-state index >= 15 is 0 Å². The second-order valence-electron chi connectivity index (χ2n) is 5.92. The molecule has 1 heterocycles. The van der Waals surface area contributed by atoms with Gasteiger partial charge in [-0.1, -0.05) is 18.2 Å². The molecule has 0 bridgehead atoms. The molecule has 1 aromatic heterocycles. The number of halogens is 1. The van der Waals surface area contributed by atoms with Crippen LogP contribution in [0.25, 0.3) is 11.0 Å². The number of aromatic hydroxyl groups is 1. The van der Waals surface area contributed by atoms with Gasteiger partial charge >= 0.3 is 0 Å². The number of benzene rings is 2. The van der Waals surface area contributed by atoms with Gasteiger partial charge in [-0.2, -0.15) is 0 Å². The summed E-state index contributed by atoms with van der Waals surface area (Å²) < 4.78 is 15.2. The Bertz CT molecular complexity index is 819. The summed E-state index contributed by atoms with van der Waals surface area (Å²) in [6.45, 7) is 0.789. The lowest BCUT2D eigenvalue weighted by Gasteiger charge is -2.09. The summed E-state index contributed by atoms with van der Waals surface area (Å²) in [4.78, 5) is 4.65. The van der Waals surface area contributed by atoms with Crippen LogP contribution in [0.15, 0.2) is 42.5 Å². The molecule has 0 saturated heterocycles. The van der Waals surface area contributed by atoms with Crippen molar-refractivity contribution in [2.24, 2.45) is 0 Å². The van der Waals surface area contributed by atoms with Crippen molar-refractivity contribution in [3.8, 4) is 5.75 Å². The molecule has 1 fully saturated rings. The summed E-state index contributed by atoms with van der Waals surface area (Å²) in [6.07, 6.45) is 3.16. The number of hydrogen-bond donors (Lipinski definition) is 1. The van der Waals surface area contributed by atoms with E-state index in [0.717, 1.165) is 29.9 Å². The van der Waals surface area contributed by atoms with Gasteiger partial charge in [0.05, 0.1) is 5.52 Å². The molecule has 22 heavy (non-hydrogen) atoms. The summed E-state index contributed by atoms with van der Waals surface area (Å²) in [7, 11) is 0. The lowest BCUT2D eigenvalue weighted by Crippen LogP contribution is -2.05. The Balaban J connectivity index is 1.69. The Labute approximate surface area is 128 Å². The molecule has 112 valence electrons. The highest BCUT2D eigenvalue weighted by Gasteiger charge is 2.29. The van der Waals surface area contributed by atoms with E-state index in [1.54, 1.807) is 6.07 Å². The number of aryl methyl sites for hydroxylation is 2. The van der Waals surface area contributed by atoms with Crippen LogP contribution in [0.2, 0.25) is 0 Å². The van der Waals surface area contributed by atoms with Gasteiger partial charge in [0.15, 0.2) is 0 Å². The molecule has 0 amide bonds. The Morgan fingerprint density at radius 2 is 1.91 bits per heavy atom. The Morgan fingerprint density at radius 1 is 1.14 bits per heavy atom. The predicted octanol–water partition coefficient (Wildman–Crippen LogP) is 4.00. The van der Waals surface area contributed by atoms with Crippen LogP contribution in [-0.2, 0) is 13.0 Å². The van der Waals surface area contributed by atoms with Gasteiger partial charge in [0.25, 0.3) is 0 Å². The molecule has 1 aliphatic rings. The van der Waals surface area contributed by atoms with Crippen LogP contribution < -0.4 is 0 Å². The van der Waals surface area contributed by atoms with Crippen LogP contribution in [-0.4, -0.2) is 14.7 Å². The number of aromatic nitrogens is 2. The van der Waals surface area contributed by atoms with E-state index in [2.05, 4.69) is 9.55 Å². The fraction of sp³-hybridized carbons (Fsp3) is 0.278. The summed E-state index contributed by atoms with van der Waals surface area (Å²) in [5.74, 6) is 1.61. The minimum atomic E-state index is -0.208. The van der Waals surface area contributed by atoms with Crippen molar-refractivity contribution in [3.63, 3.8) is 0 Å². The molecule has 1 aliphatic carbocycles. The van der Waals surface area contributed by atoms with E-state index in [4.69, 9.17) is 0 Å². The van der Waals surface area contributed by atoms with Crippen LogP contribution in [0.1, 0.15) is 30.1 Å². The highest BCUT2D eigenvalue weighted by molar-refractivity contribution is 5.82. The zero-order valence-electron chi connectivity index (χ0n) is 12.2. The summed E-state index contributed by atoms with van der Waals surface area (Å²) in [6, 6.07) is 12.2. The van der Waals surface area contributed by atoms with Crippen LogP contribution in [0.3, 0.4) is 0 Å². The zero-order valence-corrected chi connectivity index (χ0v) is 12.2. The predicted molar refractivity (Wildman–Crippen MR) is 83.5 cm³/mol. The first-order valence-electron chi connectivity index (χ1n) is 7.65. The number of nitrogens with zero attached hydrogens (tertiary/aromatic N) is 2. The van der Waals surface area contributed by atoms with E-state index in [-0.39, 0.29) is 11.6 Å². The molecule has 0 radical (unpaired) electrons. The normalized spacial score (nSPS) is 14.6. The number of hydrogen-bond acceptors (Lipinski definition) is 2. The van der Waals surface area contributed by atoms with Crippen molar-refractivity contribution < 1.29 is 9.50 Å². The highest BCUT2D eigenvalue weighted by Crippen LogP contribution is 2.41. The number of phenolic OH excluding ortho intramolecular Hbond substituents is 1. The summed E-state index contributed by atoms with van der Waals surface area (Å²) in [5, 5.41) is 10.0. The first-order chi connectivity index (χ1) is 10.7. The highest BCUT2D eigenvalue weighted by atomic mass is 19.1. The third kappa shape index (κ3) is 2.34. The largest absolute Gasteiger partial charge is 0.506 e. The number of para-hydroxylation sites is 1. The Kier molecular flexibility index (Phi) is 3.10. The average Bonchev–Trinajstić information content (AvgIpc) is 3.29. The SMILES string of the molecule is Oc1cccc2c1nc(C1CC1)n2CCc1ccc(F)cc1. The van der Waals surface area contributed by atoms with Crippen molar-refractivity contribution in [1.82, 2.24) is 9.55 Å². The van der Waals surface area contributed by atoms with E-state index in [0.29, 0.717) is 11.4 Å². The topological polar surface area (TPSA) is 38.1 Å². The van der Waals surface area contributed by atoms with Gasteiger partial charge in [0.1, 0.15) is 22.9 Å². The molecule has 2 aromatic carbocycles. The number of fused-ring (bicyclic) bond motifs is 1. The molecule has 1 saturated carbocycles. The lowest BCUT2D eigenvalue weighted by molar-refractivity contribution is 0.480. The van der Waals surface area contributed by atoms with Crippen molar-refractivity contribution >= 4 is 11.0 Å². The van der Waals surface area contributed by atoms with Crippen LogP contribution in [0, 0.1) is 5.82 Å². The molecular weight excluding hydrogens is 279 g/mol.